The minimum atomic E-state index is 0.0480. The van der Waals surface area contributed by atoms with Crippen LogP contribution in [0.15, 0.2) is 59.7 Å². The third-order valence-corrected chi connectivity index (χ3v) is 5.22. The van der Waals surface area contributed by atoms with Crippen molar-refractivity contribution < 1.29 is 4.79 Å². The Morgan fingerprint density at radius 2 is 1.67 bits per heavy atom. The van der Waals surface area contributed by atoms with Crippen LogP contribution in [0.4, 0.5) is 0 Å². The maximum absolute atomic E-state index is 12.5. The molecule has 2 aliphatic carbocycles. The van der Waals surface area contributed by atoms with E-state index in [0.29, 0.717) is 12.3 Å². The van der Waals surface area contributed by atoms with Gasteiger partial charge in [0.15, 0.2) is 0 Å². The number of aromatic nitrogens is 1. The Morgan fingerprint density at radius 3 is 2.33 bits per heavy atom. The smallest absolute Gasteiger partial charge is 0.247 e. The lowest BCUT2D eigenvalue weighted by molar-refractivity contribution is -0.119. The normalized spacial score (nSPS) is 18.1. The maximum Gasteiger partial charge on any atom is 0.247 e. The van der Waals surface area contributed by atoms with Crippen molar-refractivity contribution in [3.05, 3.63) is 65.8 Å². The van der Waals surface area contributed by atoms with Gasteiger partial charge in [0.1, 0.15) is 5.49 Å². The molecule has 0 aliphatic heterocycles. The van der Waals surface area contributed by atoms with Crippen LogP contribution < -0.4 is 5.49 Å². The first-order valence-corrected chi connectivity index (χ1v) is 9.06. The van der Waals surface area contributed by atoms with Gasteiger partial charge in [-0.05, 0) is 61.1 Å². The summed E-state index contributed by atoms with van der Waals surface area (Å²) in [5.41, 5.74) is 1.98. The number of rotatable bonds is 6. The van der Waals surface area contributed by atoms with E-state index in [9.17, 15) is 4.79 Å². The van der Waals surface area contributed by atoms with Gasteiger partial charge in [-0.15, -0.1) is 0 Å². The number of nitrogens with zero attached hydrogens (tertiary/aromatic N) is 2. The molecule has 2 aromatic rings. The molecule has 124 valence electrons. The summed E-state index contributed by atoms with van der Waals surface area (Å²) in [6.45, 7) is 0.739. The molecule has 1 aromatic carbocycles. The van der Waals surface area contributed by atoms with Gasteiger partial charge in [0.05, 0.1) is 0 Å². The Hall–Kier alpha value is -2.16. The molecule has 0 bridgehead atoms. The minimum Gasteiger partial charge on any atom is -0.329 e. The van der Waals surface area contributed by atoms with Crippen molar-refractivity contribution in [1.82, 2.24) is 4.57 Å². The molecule has 24 heavy (non-hydrogen) atoms. The molecular formula is C21H24N2O. The average molecular weight is 320 g/mol. The molecular weight excluding hydrogens is 296 g/mol. The van der Waals surface area contributed by atoms with E-state index >= 15 is 0 Å². The first kappa shape index (κ1) is 15.4. The molecule has 1 aromatic heterocycles. The van der Waals surface area contributed by atoms with E-state index in [-0.39, 0.29) is 5.91 Å². The lowest BCUT2D eigenvalue weighted by atomic mass is 9.94. The molecule has 3 heteroatoms. The molecule has 0 atom stereocenters. The van der Waals surface area contributed by atoms with Crippen LogP contribution in [0.1, 0.15) is 37.7 Å². The molecule has 2 saturated carbocycles. The predicted octanol–water partition coefficient (Wildman–Crippen LogP) is 3.79. The van der Waals surface area contributed by atoms with E-state index in [1.54, 1.807) is 0 Å². The van der Waals surface area contributed by atoms with Gasteiger partial charge >= 0.3 is 0 Å². The Balaban J connectivity index is 1.52. The van der Waals surface area contributed by atoms with E-state index in [2.05, 4.69) is 21.7 Å². The van der Waals surface area contributed by atoms with Gasteiger partial charge < -0.3 is 4.57 Å². The SMILES string of the molecule is O=C(CC(C1CC1)C1CC1)N=c1ccccn1Cc1ccccc1. The van der Waals surface area contributed by atoms with Crippen molar-refractivity contribution in [2.24, 2.45) is 22.7 Å². The molecule has 1 heterocycles. The number of hydrogen-bond acceptors (Lipinski definition) is 1. The predicted molar refractivity (Wildman–Crippen MR) is 94.1 cm³/mol. The number of pyridine rings is 1. The van der Waals surface area contributed by atoms with Crippen LogP contribution in [0.3, 0.4) is 0 Å². The fraction of sp³-hybridized carbons (Fsp3) is 0.429. The topological polar surface area (TPSA) is 34.4 Å². The number of carbonyl (C=O) groups is 1. The zero-order valence-electron chi connectivity index (χ0n) is 14.0. The molecule has 0 radical (unpaired) electrons. The van der Waals surface area contributed by atoms with Crippen LogP contribution >= 0.6 is 0 Å². The summed E-state index contributed by atoms with van der Waals surface area (Å²) < 4.78 is 2.05. The van der Waals surface area contributed by atoms with Gasteiger partial charge in [-0.25, -0.2) is 0 Å². The molecule has 0 unspecified atom stereocenters. The Kier molecular flexibility index (Phi) is 4.33. The zero-order chi connectivity index (χ0) is 16.4. The van der Waals surface area contributed by atoms with Crippen molar-refractivity contribution in [2.45, 2.75) is 38.6 Å². The van der Waals surface area contributed by atoms with Crippen molar-refractivity contribution in [3.8, 4) is 0 Å². The van der Waals surface area contributed by atoms with Gasteiger partial charge in [-0.2, -0.15) is 4.99 Å². The van der Waals surface area contributed by atoms with Gasteiger partial charge in [-0.1, -0.05) is 36.4 Å². The molecule has 0 N–H and O–H groups in total. The summed E-state index contributed by atoms with van der Waals surface area (Å²) in [7, 11) is 0. The lowest BCUT2D eigenvalue weighted by Crippen LogP contribution is -2.23. The van der Waals surface area contributed by atoms with E-state index in [4.69, 9.17) is 0 Å². The summed E-state index contributed by atoms with van der Waals surface area (Å²) >= 11 is 0. The summed E-state index contributed by atoms with van der Waals surface area (Å²) in [6.07, 6.45) is 7.89. The first-order valence-electron chi connectivity index (χ1n) is 9.06. The fourth-order valence-corrected chi connectivity index (χ4v) is 3.62. The highest BCUT2D eigenvalue weighted by molar-refractivity contribution is 5.77. The molecule has 3 nitrogen and oxygen atoms in total. The van der Waals surface area contributed by atoms with E-state index in [1.165, 1.54) is 31.2 Å². The highest BCUT2D eigenvalue weighted by Crippen LogP contribution is 2.50. The quantitative estimate of drug-likeness (QED) is 0.797. The number of hydrogen-bond donors (Lipinski definition) is 0. The fourth-order valence-electron chi connectivity index (χ4n) is 3.62. The number of benzene rings is 1. The molecule has 4 rings (SSSR count). The van der Waals surface area contributed by atoms with Crippen LogP contribution in [0.5, 0.6) is 0 Å². The van der Waals surface area contributed by atoms with E-state index in [1.807, 2.05) is 42.6 Å². The molecule has 2 aliphatic rings. The Bertz CT molecular complexity index is 758. The summed E-state index contributed by atoms with van der Waals surface area (Å²) in [6, 6.07) is 16.2. The Morgan fingerprint density at radius 1 is 1.00 bits per heavy atom. The summed E-state index contributed by atoms with van der Waals surface area (Å²) in [5.74, 6) is 2.23. The van der Waals surface area contributed by atoms with Crippen molar-refractivity contribution >= 4 is 5.91 Å². The largest absolute Gasteiger partial charge is 0.329 e. The average Bonchev–Trinajstić information content (AvgIpc) is 3.49. The molecule has 2 fully saturated rings. The van der Waals surface area contributed by atoms with Crippen LogP contribution in [-0.2, 0) is 11.3 Å². The second kappa shape index (κ2) is 6.76. The van der Waals surface area contributed by atoms with Crippen molar-refractivity contribution in [2.75, 3.05) is 0 Å². The monoisotopic (exact) mass is 320 g/mol. The second-order valence-corrected chi connectivity index (χ2v) is 7.22. The van der Waals surface area contributed by atoms with Crippen molar-refractivity contribution in [3.63, 3.8) is 0 Å². The highest BCUT2D eigenvalue weighted by atomic mass is 16.1. The minimum absolute atomic E-state index is 0.0480. The van der Waals surface area contributed by atoms with E-state index in [0.717, 1.165) is 23.9 Å². The van der Waals surface area contributed by atoms with Crippen LogP contribution in [0.2, 0.25) is 0 Å². The van der Waals surface area contributed by atoms with Gasteiger partial charge in [0.25, 0.3) is 0 Å². The standard InChI is InChI=1S/C21H24N2O/c24-21(14-19(17-9-10-17)18-11-12-18)22-20-8-4-5-13-23(20)15-16-6-2-1-3-7-16/h1-8,13,17-19H,9-12,14-15H2. The van der Waals surface area contributed by atoms with E-state index < -0.39 is 0 Å². The first-order chi connectivity index (χ1) is 11.8. The number of amides is 1. The molecule has 0 saturated heterocycles. The third kappa shape index (κ3) is 3.84. The number of carbonyl (C=O) groups excluding carboxylic acids is 1. The molecule has 1 amide bonds. The van der Waals surface area contributed by atoms with Gasteiger partial charge in [-0.3, -0.25) is 4.79 Å². The van der Waals surface area contributed by atoms with Crippen LogP contribution in [0.25, 0.3) is 0 Å². The highest BCUT2D eigenvalue weighted by Gasteiger charge is 2.42. The summed E-state index contributed by atoms with van der Waals surface area (Å²) in [4.78, 5) is 17.0. The van der Waals surface area contributed by atoms with Gasteiger partial charge in [0.2, 0.25) is 5.91 Å². The van der Waals surface area contributed by atoms with Crippen LogP contribution in [-0.4, -0.2) is 10.5 Å². The van der Waals surface area contributed by atoms with Crippen LogP contribution in [0, 0.1) is 17.8 Å². The van der Waals surface area contributed by atoms with Gasteiger partial charge in [0, 0.05) is 19.2 Å². The molecule has 0 spiro atoms. The lowest BCUT2D eigenvalue weighted by Gasteiger charge is -2.12. The maximum atomic E-state index is 12.5. The van der Waals surface area contributed by atoms with Crippen molar-refractivity contribution in [1.29, 1.82) is 0 Å². The Labute approximate surface area is 143 Å². The second-order valence-electron chi connectivity index (χ2n) is 7.22. The zero-order valence-corrected chi connectivity index (χ0v) is 14.0. The third-order valence-electron chi connectivity index (χ3n) is 5.22. The summed E-state index contributed by atoms with van der Waals surface area (Å²) in [5, 5.41) is 0.